The highest BCUT2D eigenvalue weighted by Crippen LogP contribution is 2.31. The van der Waals surface area contributed by atoms with Crippen LogP contribution in [0.5, 0.6) is 0 Å². The van der Waals surface area contributed by atoms with Crippen molar-refractivity contribution in [3.8, 4) is 0 Å². The smallest absolute Gasteiger partial charge is 0.253 e. The first-order valence-corrected chi connectivity index (χ1v) is 19.0. The Morgan fingerprint density at radius 3 is 1.13 bits per heavy atom. The Balaban J connectivity index is 1.45. The summed E-state index contributed by atoms with van der Waals surface area (Å²) in [5.41, 5.74) is 0.898. The molecule has 1 aromatic carbocycles. The van der Waals surface area contributed by atoms with E-state index in [4.69, 9.17) is 0 Å². The average Bonchev–Trinajstić information content (AvgIpc) is 3.07. The topological polar surface area (TPSA) is 87.3 Å². The number of carbonyl (C=O) groups is 3. The van der Waals surface area contributed by atoms with E-state index in [1.165, 1.54) is 57.8 Å². The number of hydrogen-bond donors (Lipinski definition) is 3. The molecule has 1 aromatic rings. The fourth-order valence-corrected chi connectivity index (χ4v) is 8.22. The van der Waals surface area contributed by atoms with Crippen LogP contribution in [0.3, 0.4) is 0 Å². The Morgan fingerprint density at radius 1 is 0.511 bits per heavy atom. The first kappa shape index (κ1) is 35.5. The summed E-state index contributed by atoms with van der Waals surface area (Å²) >= 11 is 0. The van der Waals surface area contributed by atoms with Gasteiger partial charge < -0.3 is 16.0 Å². The molecule has 3 N–H and O–H groups in total. The van der Waals surface area contributed by atoms with Crippen LogP contribution < -0.4 is 16.0 Å². The molecule has 45 heavy (non-hydrogen) atoms. The van der Waals surface area contributed by atoms with Gasteiger partial charge in [-0.15, -0.1) is 0 Å². The predicted octanol–water partition coefficient (Wildman–Crippen LogP) is 9.12. The molecule has 3 aliphatic rings. The van der Waals surface area contributed by atoms with E-state index in [2.05, 4.69) is 36.7 Å². The molecule has 6 nitrogen and oxygen atoms in total. The molecule has 3 fully saturated rings. The van der Waals surface area contributed by atoms with Crippen molar-refractivity contribution in [3.05, 3.63) is 34.9 Å². The summed E-state index contributed by atoms with van der Waals surface area (Å²) in [6.45, 7) is 6.72. The molecule has 0 unspecified atom stereocenters. The second-order valence-corrected chi connectivity index (χ2v) is 14.7. The first-order valence-electron chi connectivity index (χ1n) is 19.0. The van der Waals surface area contributed by atoms with Gasteiger partial charge in [0.1, 0.15) is 0 Å². The maximum absolute atomic E-state index is 14.0. The molecule has 0 radical (unpaired) electrons. The lowest BCUT2D eigenvalue weighted by Gasteiger charge is -2.31. The number of carbonyl (C=O) groups excluding carboxylic acids is 3. The second kappa shape index (κ2) is 18.7. The van der Waals surface area contributed by atoms with Gasteiger partial charge in [-0.25, -0.2) is 0 Å². The van der Waals surface area contributed by atoms with Gasteiger partial charge in [0.15, 0.2) is 0 Å². The Morgan fingerprint density at radius 2 is 0.822 bits per heavy atom. The highest BCUT2D eigenvalue weighted by Gasteiger charge is 2.31. The van der Waals surface area contributed by atoms with Crippen LogP contribution in [0.2, 0.25) is 0 Å². The van der Waals surface area contributed by atoms with Crippen LogP contribution in [0.4, 0.5) is 0 Å². The lowest BCUT2D eigenvalue weighted by atomic mass is 9.82. The number of benzene rings is 1. The molecule has 0 heterocycles. The summed E-state index contributed by atoms with van der Waals surface area (Å²) in [5.74, 6) is 1.51. The monoisotopic (exact) mass is 621 g/mol. The molecular weight excluding hydrogens is 558 g/mol. The second-order valence-electron chi connectivity index (χ2n) is 14.7. The summed E-state index contributed by atoms with van der Waals surface area (Å²) in [6, 6.07) is 5.54. The zero-order valence-electron chi connectivity index (χ0n) is 28.8. The Kier molecular flexibility index (Phi) is 14.7. The minimum Gasteiger partial charge on any atom is -0.349 e. The molecule has 0 bridgehead atoms. The number of nitrogens with one attached hydrogen (secondary N) is 3. The molecular formula is C39H63N3O3. The van der Waals surface area contributed by atoms with E-state index >= 15 is 0 Å². The van der Waals surface area contributed by atoms with Crippen LogP contribution in [-0.4, -0.2) is 35.8 Å². The van der Waals surface area contributed by atoms with Gasteiger partial charge in [-0.3, -0.25) is 14.4 Å². The van der Waals surface area contributed by atoms with Crippen molar-refractivity contribution < 1.29 is 14.4 Å². The third-order valence-electron chi connectivity index (χ3n) is 11.2. The van der Waals surface area contributed by atoms with Crippen LogP contribution in [-0.2, 0) is 0 Å². The zero-order valence-corrected chi connectivity index (χ0v) is 28.8. The maximum atomic E-state index is 14.0. The van der Waals surface area contributed by atoms with Crippen molar-refractivity contribution >= 4 is 17.7 Å². The summed E-state index contributed by atoms with van der Waals surface area (Å²) in [7, 11) is 0. The lowest BCUT2D eigenvalue weighted by molar-refractivity contribution is 0.0871. The van der Waals surface area contributed by atoms with E-state index in [9.17, 15) is 14.4 Å². The van der Waals surface area contributed by atoms with Gasteiger partial charge in [-0.05, 0) is 107 Å². The van der Waals surface area contributed by atoms with Crippen molar-refractivity contribution in [1.82, 2.24) is 16.0 Å². The standard InChI is InChI=1S/C39H63N3O3/c1-4-7-11-28-16-22-31(23-17-28)40-37(43)34-14-10-15-35(38(44)41-32-24-18-29(19-25-32)12-8-5-2)36(34)39(45)42-33-26-20-30(21-27-33)13-9-6-3/h10,14-15,28-33H,4-9,11-13,16-27H2,1-3H3,(H,40,43)(H,41,44)(H,42,45). The number of amides is 3. The quantitative estimate of drug-likeness (QED) is 0.183. The predicted molar refractivity (Wildman–Crippen MR) is 185 cm³/mol. The summed E-state index contributed by atoms with van der Waals surface area (Å²) in [6.07, 6.45) is 24.0. The van der Waals surface area contributed by atoms with Gasteiger partial charge in [-0.2, -0.15) is 0 Å². The van der Waals surface area contributed by atoms with Crippen LogP contribution in [0.15, 0.2) is 18.2 Å². The minimum atomic E-state index is -0.283. The Hall–Kier alpha value is -2.37. The Bertz CT molecular complexity index is 1000. The third-order valence-corrected chi connectivity index (χ3v) is 11.2. The zero-order chi connectivity index (χ0) is 32.0. The van der Waals surface area contributed by atoms with Crippen LogP contribution >= 0.6 is 0 Å². The largest absolute Gasteiger partial charge is 0.349 e. The summed E-state index contributed by atoms with van der Waals surface area (Å²) in [4.78, 5) is 41.6. The Labute approximate surface area is 274 Å². The molecule has 0 atom stereocenters. The molecule has 6 heteroatoms. The molecule has 0 aliphatic heterocycles. The van der Waals surface area contributed by atoms with Crippen molar-refractivity contribution in [2.24, 2.45) is 17.8 Å². The van der Waals surface area contributed by atoms with Crippen molar-refractivity contribution in [1.29, 1.82) is 0 Å². The lowest BCUT2D eigenvalue weighted by Crippen LogP contribution is -2.43. The third kappa shape index (κ3) is 10.8. The van der Waals surface area contributed by atoms with E-state index in [0.717, 1.165) is 94.8 Å². The highest BCUT2D eigenvalue weighted by atomic mass is 16.2. The fraction of sp³-hybridized carbons (Fsp3) is 0.769. The molecule has 0 saturated heterocycles. The van der Waals surface area contributed by atoms with Gasteiger partial charge >= 0.3 is 0 Å². The number of unbranched alkanes of at least 4 members (excludes halogenated alkanes) is 3. The summed E-state index contributed by atoms with van der Waals surface area (Å²) < 4.78 is 0. The van der Waals surface area contributed by atoms with Crippen molar-refractivity contribution in [3.63, 3.8) is 0 Å². The maximum Gasteiger partial charge on any atom is 0.253 e. The molecule has 0 spiro atoms. The van der Waals surface area contributed by atoms with Gasteiger partial charge in [0.2, 0.25) is 0 Å². The molecule has 3 amide bonds. The van der Waals surface area contributed by atoms with E-state index in [-0.39, 0.29) is 41.4 Å². The average molecular weight is 622 g/mol. The molecule has 4 rings (SSSR count). The molecule has 252 valence electrons. The normalized spacial score (nSPS) is 27.0. The number of hydrogen-bond acceptors (Lipinski definition) is 3. The van der Waals surface area contributed by atoms with E-state index in [1.807, 2.05) is 0 Å². The van der Waals surface area contributed by atoms with Crippen LogP contribution in [0.25, 0.3) is 0 Å². The van der Waals surface area contributed by atoms with Gasteiger partial charge in [0, 0.05) is 18.1 Å². The van der Waals surface area contributed by atoms with Gasteiger partial charge in [0.05, 0.1) is 16.7 Å². The van der Waals surface area contributed by atoms with Gasteiger partial charge in [-0.1, -0.05) is 84.6 Å². The van der Waals surface area contributed by atoms with Crippen molar-refractivity contribution in [2.75, 3.05) is 0 Å². The van der Waals surface area contributed by atoms with Crippen LogP contribution in [0.1, 0.15) is 187 Å². The van der Waals surface area contributed by atoms with Gasteiger partial charge in [0.25, 0.3) is 17.7 Å². The molecule has 3 aliphatic carbocycles. The first-order chi connectivity index (χ1) is 21.9. The fourth-order valence-electron chi connectivity index (χ4n) is 8.22. The minimum absolute atomic E-state index is 0.0826. The van der Waals surface area contributed by atoms with Crippen molar-refractivity contribution in [2.45, 2.75) is 174 Å². The van der Waals surface area contributed by atoms with E-state index in [0.29, 0.717) is 11.1 Å². The highest BCUT2D eigenvalue weighted by molar-refractivity contribution is 6.14. The van der Waals surface area contributed by atoms with Crippen LogP contribution in [0, 0.1) is 17.8 Å². The molecule has 3 saturated carbocycles. The molecule has 0 aromatic heterocycles. The van der Waals surface area contributed by atoms with E-state index in [1.54, 1.807) is 18.2 Å². The number of rotatable bonds is 15. The van der Waals surface area contributed by atoms with E-state index < -0.39 is 0 Å². The summed E-state index contributed by atoms with van der Waals surface area (Å²) in [5, 5.41) is 9.77. The SMILES string of the molecule is CCCCC1CCC(NC(=O)c2cccc(C(=O)NC3CCC(CCCC)CC3)c2C(=O)NC2CCC(CCCC)CC2)CC1.